The number of alkyl halides is 2. The van der Waals surface area contributed by atoms with Crippen LogP contribution < -0.4 is 15.4 Å². The maximum absolute atomic E-state index is 12.4. The average molecular weight is 341 g/mol. The summed E-state index contributed by atoms with van der Waals surface area (Å²) in [5, 5.41) is 5.67. The third-order valence-corrected chi connectivity index (χ3v) is 3.46. The highest BCUT2D eigenvalue weighted by atomic mass is 35.5. The van der Waals surface area contributed by atoms with Gasteiger partial charge in [0.15, 0.2) is 0 Å². The van der Waals surface area contributed by atoms with Crippen LogP contribution in [0.25, 0.3) is 0 Å². The van der Waals surface area contributed by atoms with Gasteiger partial charge in [0, 0.05) is 11.6 Å². The number of aryl methyl sites for hydroxylation is 1. The molecule has 0 aliphatic rings. The van der Waals surface area contributed by atoms with E-state index in [1.807, 2.05) is 0 Å². The molecule has 0 aromatic heterocycles. The summed E-state index contributed by atoms with van der Waals surface area (Å²) in [5.41, 5.74) is 1.55. The molecule has 2 rings (SSSR count). The fourth-order valence-corrected chi connectivity index (χ4v) is 2.17. The van der Waals surface area contributed by atoms with Crippen molar-refractivity contribution < 1.29 is 18.3 Å². The smallest absolute Gasteiger partial charge is 0.387 e. The van der Waals surface area contributed by atoms with Crippen molar-refractivity contribution in [1.29, 1.82) is 0 Å². The predicted octanol–water partition coefficient (Wildman–Crippen LogP) is 4.57. The van der Waals surface area contributed by atoms with E-state index in [0.717, 1.165) is 5.56 Å². The lowest BCUT2D eigenvalue weighted by Crippen LogP contribution is -2.29. The van der Waals surface area contributed by atoms with Gasteiger partial charge in [-0.15, -0.1) is 0 Å². The SMILES string of the molecule is Cc1cccc(OC(F)F)c1NC(=O)NCc1ccccc1Cl. The summed E-state index contributed by atoms with van der Waals surface area (Å²) in [6.45, 7) is -1.08. The number of anilines is 1. The molecule has 0 aliphatic heterocycles. The molecule has 122 valence electrons. The van der Waals surface area contributed by atoms with Gasteiger partial charge >= 0.3 is 12.6 Å². The number of hydrogen-bond donors (Lipinski definition) is 2. The summed E-state index contributed by atoms with van der Waals surface area (Å²) >= 11 is 6.00. The van der Waals surface area contributed by atoms with Gasteiger partial charge in [-0.25, -0.2) is 4.79 Å². The first-order chi connectivity index (χ1) is 11.0. The van der Waals surface area contributed by atoms with Crippen LogP contribution >= 0.6 is 11.6 Å². The van der Waals surface area contributed by atoms with Crippen LogP contribution in [0, 0.1) is 6.92 Å². The molecule has 23 heavy (non-hydrogen) atoms. The lowest BCUT2D eigenvalue weighted by molar-refractivity contribution is -0.0493. The summed E-state index contributed by atoms with van der Waals surface area (Å²) in [6.07, 6.45) is 0. The number of urea groups is 1. The molecule has 2 N–H and O–H groups in total. The van der Waals surface area contributed by atoms with Gasteiger partial charge in [0.25, 0.3) is 0 Å². The van der Waals surface area contributed by atoms with E-state index in [0.29, 0.717) is 10.6 Å². The van der Waals surface area contributed by atoms with Crippen LogP contribution in [-0.4, -0.2) is 12.6 Å². The minimum Gasteiger partial charge on any atom is -0.433 e. The van der Waals surface area contributed by atoms with Gasteiger partial charge in [-0.2, -0.15) is 8.78 Å². The first kappa shape index (κ1) is 17.0. The van der Waals surface area contributed by atoms with Crippen LogP contribution in [0.5, 0.6) is 5.75 Å². The zero-order valence-corrected chi connectivity index (χ0v) is 13.0. The van der Waals surface area contributed by atoms with Crippen molar-refractivity contribution in [3.05, 3.63) is 58.6 Å². The number of carbonyl (C=O) groups excluding carboxylic acids is 1. The Morgan fingerprint density at radius 1 is 1.22 bits per heavy atom. The van der Waals surface area contributed by atoms with Crippen LogP contribution in [0.2, 0.25) is 5.02 Å². The summed E-state index contributed by atoms with van der Waals surface area (Å²) in [5.74, 6) is -0.0899. The van der Waals surface area contributed by atoms with Crippen LogP contribution in [-0.2, 0) is 6.54 Å². The summed E-state index contributed by atoms with van der Waals surface area (Å²) < 4.78 is 29.2. The third-order valence-electron chi connectivity index (χ3n) is 3.09. The first-order valence-corrected chi connectivity index (χ1v) is 7.18. The molecule has 4 nitrogen and oxygen atoms in total. The summed E-state index contributed by atoms with van der Waals surface area (Å²) in [4.78, 5) is 12.0. The molecule has 0 radical (unpaired) electrons. The molecule has 0 aliphatic carbocycles. The van der Waals surface area contributed by atoms with Crippen LogP contribution in [0.15, 0.2) is 42.5 Å². The Kier molecular flexibility index (Phi) is 5.76. The second-order valence-electron chi connectivity index (χ2n) is 4.73. The van der Waals surface area contributed by atoms with Gasteiger partial charge in [-0.1, -0.05) is 41.9 Å². The van der Waals surface area contributed by atoms with E-state index in [-0.39, 0.29) is 18.0 Å². The molecule has 0 bridgehead atoms. The number of carbonyl (C=O) groups is 1. The monoisotopic (exact) mass is 340 g/mol. The summed E-state index contributed by atoms with van der Waals surface area (Å²) in [6, 6.07) is 11.2. The third kappa shape index (κ3) is 4.82. The Morgan fingerprint density at radius 2 is 1.96 bits per heavy atom. The molecule has 0 spiro atoms. The molecular formula is C16H15ClF2N2O2. The van der Waals surface area contributed by atoms with Gasteiger partial charge in [0.2, 0.25) is 0 Å². The van der Waals surface area contributed by atoms with Crippen LogP contribution in [0.3, 0.4) is 0 Å². The quantitative estimate of drug-likeness (QED) is 0.837. The van der Waals surface area contributed by atoms with Crippen molar-refractivity contribution in [1.82, 2.24) is 5.32 Å². The van der Waals surface area contributed by atoms with Gasteiger partial charge in [0.05, 0.1) is 5.69 Å². The van der Waals surface area contributed by atoms with Gasteiger partial charge in [-0.05, 0) is 30.2 Å². The van der Waals surface area contributed by atoms with Gasteiger partial charge in [0.1, 0.15) is 5.75 Å². The maximum Gasteiger partial charge on any atom is 0.387 e. The number of ether oxygens (including phenoxy) is 1. The lowest BCUT2D eigenvalue weighted by Gasteiger charge is -2.15. The maximum atomic E-state index is 12.4. The Hall–Kier alpha value is -2.34. The fraction of sp³-hybridized carbons (Fsp3) is 0.188. The zero-order chi connectivity index (χ0) is 16.8. The van der Waals surface area contributed by atoms with Crippen molar-refractivity contribution in [3.63, 3.8) is 0 Å². The molecule has 0 heterocycles. The topological polar surface area (TPSA) is 50.4 Å². The molecule has 0 saturated heterocycles. The highest BCUT2D eigenvalue weighted by Crippen LogP contribution is 2.29. The van der Waals surface area contributed by atoms with Crippen LogP contribution in [0.1, 0.15) is 11.1 Å². The number of hydrogen-bond acceptors (Lipinski definition) is 2. The Bertz CT molecular complexity index is 696. The van der Waals surface area contributed by atoms with Gasteiger partial charge in [-0.3, -0.25) is 0 Å². The van der Waals surface area contributed by atoms with Crippen molar-refractivity contribution in [2.45, 2.75) is 20.1 Å². The molecule has 0 fully saturated rings. The number of benzene rings is 2. The Morgan fingerprint density at radius 3 is 2.65 bits per heavy atom. The van der Waals surface area contributed by atoms with E-state index in [1.165, 1.54) is 6.07 Å². The molecule has 2 aromatic carbocycles. The highest BCUT2D eigenvalue weighted by molar-refractivity contribution is 6.31. The van der Waals surface area contributed by atoms with E-state index >= 15 is 0 Å². The average Bonchev–Trinajstić information content (AvgIpc) is 2.49. The second-order valence-corrected chi connectivity index (χ2v) is 5.13. The van der Waals surface area contributed by atoms with Crippen molar-refractivity contribution >= 4 is 23.3 Å². The van der Waals surface area contributed by atoms with E-state index < -0.39 is 12.6 Å². The predicted molar refractivity (Wildman–Crippen MR) is 85.1 cm³/mol. The zero-order valence-electron chi connectivity index (χ0n) is 12.3. The molecule has 2 amide bonds. The standard InChI is InChI=1S/C16H15ClF2N2O2/c1-10-5-4-8-13(23-15(18)19)14(10)21-16(22)20-9-11-6-2-3-7-12(11)17/h2-8,15H,9H2,1H3,(H2,20,21,22). The van der Waals surface area contributed by atoms with E-state index in [1.54, 1.807) is 43.3 Å². The fourth-order valence-electron chi connectivity index (χ4n) is 1.97. The second kappa shape index (κ2) is 7.78. The van der Waals surface area contributed by atoms with E-state index in [2.05, 4.69) is 15.4 Å². The highest BCUT2D eigenvalue weighted by Gasteiger charge is 2.14. The normalized spacial score (nSPS) is 10.5. The van der Waals surface area contributed by atoms with Crippen molar-refractivity contribution in [3.8, 4) is 5.75 Å². The Labute approximate surface area is 137 Å². The van der Waals surface area contributed by atoms with Gasteiger partial charge < -0.3 is 15.4 Å². The molecule has 0 atom stereocenters. The molecule has 0 saturated carbocycles. The molecular weight excluding hydrogens is 326 g/mol. The molecule has 7 heteroatoms. The van der Waals surface area contributed by atoms with Crippen LogP contribution in [0.4, 0.5) is 19.3 Å². The number of rotatable bonds is 5. The van der Waals surface area contributed by atoms with E-state index in [9.17, 15) is 13.6 Å². The van der Waals surface area contributed by atoms with Crippen molar-refractivity contribution in [2.75, 3.05) is 5.32 Å². The first-order valence-electron chi connectivity index (χ1n) is 6.80. The van der Waals surface area contributed by atoms with Crippen molar-refractivity contribution in [2.24, 2.45) is 0 Å². The largest absolute Gasteiger partial charge is 0.433 e. The minimum atomic E-state index is -2.97. The number of halogens is 3. The number of para-hydroxylation sites is 1. The lowest BCUT2D eigenvalue weighted by atomic mass is 10.2. The number of nitrogens with one attached hydrogen (secondary N) is 2. The Balaban J connectivity index is 2.04. The molecule has 0 unspecified atom stereocenters. The molecule has 2 aromatic rings. The number of amides is 2. The minimum absolute atomic E-state index is 0.0899. The van der Waals surface area contributed by atoms with E-state index in [4.69, 9.17) is 11.6 Å². The summed E-state index contributed by atoms with van der Waals surface area (Å²) in [7, 11) is 0.